The van der Waals surface area contributed by atoms with Crippen LogP contribution in [0.5, 0.6) is 0 Å². The normalized spacial score (nSPS) is 12.6. The standard InChI is InChI=1S/C14H13ClN4O/c1-19-13(11(15)8-17-19)14(20)10-7-16-18-12(10)9-5-3-2-4-6-9/h2-8,14,20H,1H3,(H,16,18). The van der Waals surface area contributed by atoms with E-state index in [1.54, 1.807) is 17.9 Å². The highest BCUT2D eigenvalue weighted by atomic mass is 35.5. The molecule has 20 heavy (non-hydrogen) atoms. The summed E-state index contributed by atoms with van der Waals surface area (Å²) in [5, 5.41) is 22.0. The Morgan fingerprint density at radius 1 is 1.25 bits per heavy atom. The number of aliphatic hydroxyl groups excluding tert-OH is 1. The van der Waals surface area contributed by atoms with Crippen molar-refractivity contribution in [2.45, 2.75) is 6.10 Å². The first-order valence-electron chi connectivity index (χ1n) is 6.12. The molecular formula is C14H13ClN4O. The molecule has 0 bridgehead atoms. The van der Waals surface area contributed by atoms with Gasteiger partial charge in [0, 0.05) is 12.6 Å². The summed E-state index contributed by atoms with van der Waals surface area (Å²) in [6.45, 7) is 0. The highest BCUT2D eigenvalue weighted by Crippen LogP contribution is 2.32. The van der Waals surface area contributed by atoms with Gasteiger partial charge >= 0.3 is 0 Å². The van der Waals surface area contributed by atoms with Gasteiger partial charge in [0.2, 0.25) is 0 Å². The Bertz CT molecular complexity index is 700. The van der Waals surface area contributed by atoms with Gasteiger partial charge in [-0.05, 0) is 5.56 Å². The van der Waals surface area contributed by atoms with Crippen molar-refractivity contribution >= 4 is 11.6 Å². The van der Waals surface area contributed by atoms with Crippen LogP contribution in [-0.2, 0) is 7.05 Å². The molecule has 0 aliphatic rings. The molecule has 5 nitrogen and oxygen atoms in total. The molecule has 0 spiro atoms. The van der Waals surface area contributed by atoms with E-state index in [2.05, 4.69) is 15.3 Å². The van der Waals surface area contributed by atoms with Gasteiger partial charge < -0.3 is 5.11 Å². The Hall–Kier alpha value is -2.11. The maximum Gasteiger partial charge on any atom is 0.126 e. The van der Waals surface area contributed by atoms with Gasteiger partial charge in [-0.15, -0.1) is 0 Å². The van der Waals surface area contributed by atoms with Crippen LogP contribution in [0, 0.1) is 0 Å². The molecule has 0 aliphatic heterocycles. The van der Waals surface area contributed by atoms with Gasteiger partial charge in [-0.1, -0.05) is 41.9 Å². The molecule has 0 amide bonds. The lowest BCUT2D eigenvalue weighted by Crippen LogP contribution is -2.07. The molecule has 102 valence electrons. The lowest BCUT2D eigenvalue weighted by Gasteiger charge is -2.12. The number of nitrogens with zero attached hydrogens (tertiary/aromatic N) is 3. The van der Waals surface area contributed by atoms with Crippen molar-refractivity contribution in [3.63, 3.8) is 0 Å². The predicted octanol–water partition coefficient (Wildman–Crippen LogP) is 2.55. The van der Waals surface area contributed by atoms with Crippen molar-refractivity contribution in [1.29, 1.82) is 0 Å². The molecule has 6 heteroatoms. The Morgan fingerprint density at radius 3 is 2.65 bits per heavy atom. The number of aliphatic hydroxyl groups is 1. The average molecular weight is 289 g/mol. The van der Waals surface area contributed by atoms with Crippen molar-refractivity contribution < 1.29 is 5.11 Å². The summed E-state index contributed by atoms with van der Waals surface area (Å²) in [4.78, 5) is 0. The fourth-order valence-electron chi connectivity index (χ4n) is 2.21. The number of nitrogens with one attached hydrogen (secondary N) is 1. The minimum Gasteiger partial charge on any atom is -0.382 e. The molecule has 0 aliphatic carbocycles. The molecule has 2 aromatic heterocycles. The largest absolute Gasteiger partial charge is 0.382 e. The Balaban J connectivity index is 2.06. The van der Waals surface area contributed by atoms with Gasteiger partial charge in [-0.25, -0.2) is 0 Å². The summed E-state index contributed by atoms with van der Waals surface area (Å²) in [6, 6.07) is 9.71. The zero-order valence-electron chi connectivity index (χ0n) is 10.8. The number of H-pyrrole nitrogens is 1. The van der Waals surface area contributed by atoms with Gasteiger partial charge in [0.05, 0.1) is 28.8 Å². The van der Waals surface area contributed by atoms with Gasteiger partial charge in [0.1, 0.15) is 6.10 Å². The number of aryl methyl sites for hydroxylation is 1. The van der Waals surface area contributed by atoms with E-state index in [9.17, 15) is 5.11 Å². The highest BCUT2D eigenvalue weighted by Gasteiger charge is 2.23. The minimum atomic E-state index is -0.885. The number of halogens is 1. The van der Waals surface area contributed by atoms with E-state index in [1.807, 2.05) is 30.3 Å². The fourth-order valence-corrected chi connectivity index (χ4v) is 2.48. The zero-order valence-corrected chi connectivity index (χ0v) is 11.5. The lowest BCUT2D eigenvalue weighted by molar-refractivity contribution is 0.210. The predicted molar refractivity (Wildman–Crippen MR) is 76.3 cm³/mol. The summed E-state index contributed by atoms with van der Waals surface area (Å²) in [5.74, 6) is 0. The lowest BCUT2D eigenvalue weighted by atomic mass is 10.0. The molecule has 2 heterocycles. The minimum absolute atomic E-state index is 0.431. The topological polar surface area (TPSA) is 66.7 Å². The van der Waals surface area contributed by atoms with Crippen LogP contribution in [0.1, 0.15) is 17.4 Å². The Morgan fingerprint density at radius 2 is 2.00 bits per heavy atom. The summed E-state index contributed by atoms with van der Waals surface area (Å²) in [5.41, 5.74) is 2.94. The first-order chi connectivity index (χ1) is 9.68. The van der Waals surface area contributed by atoms with Crippen molar-refractivity contribution in [1.82, 2.24) is 20.0 Å². The van der Waals surface area contributed by atoms with Crippen LogP contribution in [0.3, 0.4) is 0 Å². The van der Waals surface area contributed by atoms with Crippen molar-refractivity contribution in [2.24, 2.45) is 7.05 Å². The van der Waals surface area contributed by atoms with Crippen molar-refractivity contribution in [3.05, 3.63) is 59.0 Å². The third kappa shape index (κ3) is 2.11. The smallest absolute Gasteiger partial charge is 0.126 e. The van der Waals surface area contributed by atoms with Gasteiger partial charge in [-0.2, -0.15) is 10.2 Å². The van der Waals surface area contributed by atoms with Gasteiger partial charge in [-0.3, -0.25) is 9.78 Å². The molecule has 0 radical (unpaired) electrons. The number of aromatic nitrogens is 4. The number of rotatable bonds is 3. The van der Waals surface area contributed by atoms with E-state index < -0.39 is 6.10 Å². The molecule has 3 rings (SSSR count). The van der Waals surface area contributed by atoms with Gasteiger partial charge in [0.25, 0.3) is 0 Å². The number of aromatic amines is 1. The van der Waals surface area contributed by atoms with Crippen LogP contribution in [0.2, 0.25) is 5.02 Å². The second-order valence-corrected chi connectivity index (χ2v) is 4.88. The summed E-state index contributed by atoms with van der Waals surface area (Å²) >= 11 is 6.08. The van der Waals surface area contributed by atoms with Gasteiger partial charge in [0.15, 0.2) is 0 Å². The summed E-state index contributed by atoms with van der Waals surface area (Å²) in [7, 11) is 1.74. The third-order valence-electron chi connectivity index (χ3n) is 3.22. The van der Waals surface area contributed by atoms with E-state index in [0.29, 0.717) is 16.3 Å². The molecule has 1 aromatic carbocycles. The maximum absolute atomic E-state index is 10.6. The second kappa shape index (κ2) is 5.11. The van der Waals surface area contributed by atoms with Crippen LogP contribution in [-0.4, -0.2) is 25.1 Å². The van der Waals surface area contributed by atoms with Crippen molar-refractivity contribution in [2.75, 3.05) is 0 Å². The van der Waals surface area contributed by atoms with E-state index >= 15 is 0 Å². The van der Waals surface area contributed by atoms with Crippen LogP contribution in [0.25, 0.3) is 11.3 Å². The summed E-state index contributed by atoms with van der Waals surface area (Å²) in [6.07, 6.45) is 2.24. The first kappa shape index (κ1) is 12.9. The molecule has 0 saturated carbocycles. The maximum atomic E-state index is 10.6. The number of hydrogen-bond acceptors (Lipinski definition) is 3. The van der Waals surface area contributed by atoms with Crippen LogP contribution < -0.4 is 0 Å². The molecule has 0 fully saturated rings. The Kier molecular flexibility index (Phi) is 3.30. The molecule has 2 N–H and O–H groups in total. The molecular weight excluding hydrogens is 276 g/mol. The molecule has 1 unspecified atom stereocenters. The van der Waals surface area contributed by atoms with E-state index in [-0.39, 0.29) is 0 Å². The highest BCUT2D eigenvalue weighted by molar-refractivity contribution is 6.31. The second-order valence-electron chi connectivity index (χ2n) is 4.47. The van der Waals surface area contributed by atoms with E-state index in [1.165, 1.54) is 6.20 Å². The average Bonchev–Trinajstić information content (AvgIpc) is 3.07. The van der Waals surface area contributed by atoms with Crippen LogP contribution in [0.15, 0.2) is 42.7 Å². The monoisotopic (exact) mass is 288 g/mol. The summed E-state index contributed by atoms with van der Waals surface area (Å²) < 4.78 is 1.56. The molecule has 0 saturated heterocycles. The fraction of sp³-hybridized carbons (Fsp3) is 0.143. The quantitative estimate of drug-likeness (QED) is 0.778. The molecule has 1 atom stereocenters. The van der Waals surface area contributed by atoms with Crippen LogP contribution in [0.4, 0.5) is 0 Å². The van der Waals surface area contributed by atoms with E-state index in [0.717, 1.165) is 11.3 Å². The van der Waals surface area contributed by atoms with Crippen molar-refractivity contribution in [3.8, 4) is 11.3 Å². The molecule has 3 aromatic rings. The number of hydrogen-bond donors (Lipinski definition) is 2. The zero-order chi connectivity index (χ0) is 14.1. The Labute approximate surface area is 120 Å². The SMILES string of the molecule is Cn1ncc(Cl)c1C(O)c1cn[nH]c1-c1ccccc1. The number of benzene rings is 1. The van der Waals surface area contributed by atoms with E-state index in [4.69, 9.17) is 11.6 Å². The first-order valence-corrected chi connectivity index (χ1v) is 6.50. The third-order valence-corrected chi connectivity index (χ3v) is 3.51. The van der Waals surface area contributed by atoms with Crippen LogP contribution >= 0.6 is 11.6 Å².